The minimum Gasteiger partial charge on any atom is -0.307 e. The smallest absolute Gasteiger partial charge is 0.220 e. The van der Waals surface area contributed by atoms with E-state index >= 15 is 0 Å². The van der Waals surface area contributed by atoms with E-state index in [4.69, 9.17) is 4.98 Å². The molecule has 0 fully saturated rings. The molecule has 0 aliphatic rings. The summed E-state index contributed by atoms with van der Waals surface area (Å²) in [6.07, 6.45) is 0. The summed E-state index contributed by atoms with van der Waals surface area (Å²) in [5.41, 5.74) is 10.3. The first kappa shape index (κ1) is 19.5. The number of hydrogen-bond acceptors (Lipinski definition) is 1. The Morgan fingerprint density at radius 1 is 0.528 bits per heavy atom. The fourth-order valence-corrected chi connectivity index (χ4v) is 5.79. The van der Waals surface area contributed by atoms with E-state index in [0.29, 0.717) is 0 Å². The van der Waals surface area contributed by atoms with Gasteiger partial charge in [0, 0.05) is 22.1 Å². The van der Waals surface area contributed by atoms with Crippen LogP contribution < -0.4 is 0 Å². The lowest BCUT2D eigenvalue weighted by Crippen LogP contribution is -1.95. The highest BCUT2D eigenvalue weighted by atomic mass is 15.2. The van der Waals surface area contributed by atoms with E-state index in [1.165, 1.54) is 27.4 Å². The van der Waals surface area contributed by atoms with Crippen LogP contribution in [0.5, 0.6) is 0 Å². The van der Waals surface area contributed by atoms with Crippen molar-refractivity contribution < 1.29 is 0 Å². The molecule has 0 amide bonds. The summed E-state index contributed by atoms with van der Waals surface area (Å²) in [4.78, 5) is 5.23. The zero-order chi connectivity index (χ0) is 23.8. The average Bonchev–Trinajstić information content (AvgIpc) is 3.55. The van der Waals surface area contributed by atoms with Crippen LogP contribution in [0, 0.1) is 6.92 Å². The van der Waals surface area contributed by atoms with E-state index < -0.39 is 0 Å². The molecule has 8 rings (SSSR count). The molecule has 170 valence electrons. The number of fused-ring (bicyclic) bond motifs is 9. The normalized spacial score (nSPS) is 12.0. The van der Waals surface area contributed by atoms with Crippen molar-refractivity contribution in [2.24, 2.45) is 0 Å². The van der Waals surface area contributed by atoms with Gasteiger partial charge in [0.05, 0.1) is 33.1 Å². The van der Waals surface area contributed by atoms with Gasteiger partial charge in [0.2, 0.25) is 5.78 Å². The number of imidazole rings is 2. The number of aryl methyl sites for hydroxylation is 1. The maximum absolute atomic E-state index is 5.23. The Morgan fingerprint density at radius 2 is 1.25 bits per heavy atom. The topological polar surface area (TPSA) is 27.2 Å². The average molecular weight is 463 g/mol. The molecule has 0 radical (unpaired) electrons. The number of aromatic nitrogens is 4. The van der Waals surface area contributed by atoms with Gasteiger partial charge in [-0.2, -0.15) is 0 Å². The van der Waals surface area contributed by atoms with Crippen LogP contribution in [0.15, 0.2) is 115 Å². The Bertz CT molecular complexity index is 2110. The van der Waals surface area contributed by atoms with E-state index in [1.54, 1.807) is 0 Å². The lowest BCUT2D eigenvalue weighted by atomic mass is 10.1. The van der Waals surface area contributed by atoms with Crippen molar-refractivity contribution in [3.05, 3.63) is 121 Å². The second-order valence-electron chi connectivity index (χ2n) is 9.43. The highest BCUT2D eigenvalue weighted by Gasteiger charge is 2.22. The molecule has 0 saturated carbocycles. The summed E-state index contributed by atoms with van der Waals surface area (Å²) in [6.45, 7) is 2.14. The molecule has 0 unspecified atom stereocenters. The van der Waals surface area contributed by atoms with Gasteiger partial charge in [-0.05, 0) is 67.1 Å². The Morgan fingerprint density at radius 3 is 2.08 bits per heavy atom. The van der Waals surface area contributed by atoms with Crippen molar-refractivity contribution in [1.82, 2.24) is 18.5 Å². The molecular formula is C32H22N4. The fraction of sp³-hybridized carbons (Fsp3) is 0.0312. The second kappa shape index (κ2) is 7.09. The van der Waals surface area contributed by atoms with E-state index in [0.717, 1.165) is 39.2 Å². The number of benzene rings is 5. The lowest BCUT2D eigenvalue weighted by molar-refractivity contribution is 1.10. The van der Waals surface area contributed by atoms with E-state index in [-0.39, 0.29) is 0 Å². The van der Waals surface area contributed by atoms with Crippen LogP contribution in [0.2, 0.25) is 0 Å². The van der Waals surface area contributed by atoms with Crippen LogP contribution in [0.1, 0.15) is 5.56 Å². The van der Waals surface area contributed by atoms with Crippen LogP contribution in [-0.4, -0.2) is 18.5 Å². The largest absolute Gasteiger partial charge is 0.307 e. The highest BCUT2D eigenvalue weighted by molar-refractivity contribution is 6.18. The van der Waals surface area contributed by atoms with E-state index in [1.807, 2.05) is 0 Å². The summed E-state index contributed by atoms with van der Waals surface area (Å²) in [7, 11) is 0. The maximum atomic E-state index is 5.23. The van der Waals surface area contributed by atoms with E-state index in [9.17, 15) is 0 Å². The molecule has 3 aromatic heterocycles. The lowest BCUT2D eigenvalue weighted by Gasteiger charge is -2.08. The zero-order valence-corrected chi connectivity index (χ0v) is 19.8. The third-order valence-electron chi connectivity index (χ3n) is 7.27. The van der Waals surface area contributed by atoms with Crippen LogP contribution in [0.25, 0.3) is 61.0 Å². The SMILES string of the molecule is Cc1cccc(-n2c3ccccc3n3c4c(ccc5c6ccccc6n(-c6ccccc6)c54)nc23)c1. The maximum Gasteiger partial charge on any atom is 0.220 e. The Hall–Kier alpha value is -4.83. The molecular weight excluding hydrogens is 440 g/mol. The number of rotatable bonds is 2. The highest BCUT2D eigenvalue weighted by Crippen LogP contribution is 2.38. The van der Waals surface area contributed by atoms with Crippen molar-refractivity contribution in [1.29, 1.82) is 0 Å². The summed E-state index contributed by atoms with van der Waals surface area (Å²) < 4.78 is 7.01. The fourth-order valence-electron chi connectivity index (χ4n) is 5.79. The van der Waals surface area contributed by atoms with Gasteiger partial charge in [-0.15, -0.1) is 0 Å². The number of para-hydroxylation sites is 4. The molecule has 4 nitrogen and oxygen atoms in total. The summed E-state index contributed by atoms with van der Waals surface area (Å²) in [5, 5.41) is 2.48. The van der Waals surface area contributed by atoms with Gasteiger partial charge in [0.25, 0.3) is 0 Å². The van der Waals surface area contributed by atoms with Crippen LogP contribution >= 0.6 is 0 Å². The summed E-state index contributed by atoms with van der Waals surface area (Å²) in [5.74, 6) is 0.925. The molecule has 0 saturated heterocycles. The van der Waals surface area contributed by atoms with Gasteiger partial charge in [-0.25, -0.2) is 4.98 Å². The van der Waals surface area contributed by atoms with Gasteiger partial charge in [-0.3, -0.25) is 8.97 Å². The molecule has 0 spiro atoms. The molecule has 5 aromatic carbocycles. The molecule has 8 aromatic rings. The van der Waals surface area contributed by atoms with Gasteiger partial charge in [0.15, 0.2) is 0 Å². The van der Waals surface area contributed by atoms with Crippen LogP contribution in [0.4, 0.5) is 0 Å². The molecule has 4 heteroatoms. The van der Waals surface area contributed by atoms with Gasteiger partial charge in [0.1, 0.15) is 0 Å². The number of nitrogens with zero attached hydrogens (tertiary/aromatic N) is 4. The molecule has 0 N–H and O–H groups in total. The third-order valence-corrected chi connectivity index (χ3v) is 7.27. The van der Waals surface area contributed by atoms with Gasteiger partial charge < -0.3 is 4.57 Å². The predicted molar refractivity (Wildman–Crippen MR) is 149 cm³/mol. The first-order valence-corrected chi connectivity index (χ1v) is 12.3. The van der Waals surface area contributed by atoms with Crippen molar-refractivity contribution in [2.45, 2.75) is 6.92 Å². The Balaban J connectivity index is 1.64. The summed E-state index contributed by atoms with van der Waals surface area (Å²) >= 11 is 0. The van der Waals surface area contributed by atoms with Crippen LogP contribution in [0.3, 0.4) is 0 Å². The Labute approximate surface area is 207 Å². The molecule has 36 heavy (non-hydrogen) atoms. The molecule has 3 heterocycles. The quantitative estimate of drug-likeness (QED) is 0.257. The summed E-state index contributed by atoms with van der Waals surface area (Å²) in [6, 6.07) is 40.9. The predicted octanol–water partition coefficient (Wildman–Crippen LogP) is 7.84. The molecule has 0 bridgehead atoms. The second-order valence-corrected chi connectivity index (χ2v) is 9.43. The first-order valence-electron chi connectivity index (χ1n) is 12.3. The zero-order valence-electron chi connectivity index (χ0n) is 19.8. The Kier molecular flexibility index (Phi) is 3.84. The van der Waals surface area contributed by atoms with E-state index in [2.05, 4.69) is 136 Å². The van der Waals surface area contributed by atoms with Crippen molar-refractivity contribution in [3.8, 4) is 11.4 Å². The monoisotopic (exact) mass is 462 g/mol. The van der Waals surface area contributed by atoms with Gasteiger partial charge in [-0.1, -0.05) is 60.7 Å². The minimum absolute atomic E-state index is 0.925. The standard InChI is InChI=1S/C32H22N4/c1-21-10-9-13-23(20-21)35-28-16-7-8-17-29(28)36-31-26(33-32(35)36)19-18-25-24-14-5-6-15-27(24)34(30(25)31)22-11-3-2-4-12-22/h2-20H,1H3. The molecule has 0 aliphatic heterocycles. The molecule has 0 atom stereocenters. The number of hydrogen-bond donors (Lipinski definition) is 0. The van der Waals surface area contributed by atoms with Crippen molar-refractivity contribution in [3.63, 3.8) is 0 Å². The van der Waals surface area contributed by atoms with Crippen molar-refractivity contribution in [2.75, 3.05) is 0 Å². The van der Waals surface area contributed by atoms with Gasteiger partial charge >= 0.3 is 0 Å². The third kappa shape index (κ3) is 2.50. The molecule has 0 aliphatic carbocycles. The first-order chi connectivity index (χ1) is 17.8. The van der Waals surface area contributed by atoms with Crippen LogP contribution in [-0.2, 0) is 0 Å². The minimum atomic E-state index is 0.925. The van der Waals surface area contributed by atoms with Crippen molar-refractivity contribution >= 4 is 49.7 Å².